The molecule has 0 saturated carbocycles. The highest BCUT2D eigenvalue weighted by Crippen LogP contribution is 2.24. The maximum atomic E-state index is 12.7. The molecule has 10 heteroatoms. The molecule has 5 heterocycles. The van der Waals surface area contributed by atoms with E-state index in [0.717, 1.165) is 31.5 Å². The van der Waals surface area contributed by atoms with Crippen LogP contribution >= 0.6 is 43.5 Å². The number of aryl methyl sites for hydroxylation is 1. The molecule has 0 spiro atoms. The Hall–Kier alpha value is -2.49. The van der Waals surface area contributed by atoms with Crippen molar-refractivity contribution in [1.82, 2.24) is 28.5 Å². The van der Waals surface area contributed by atoms with Crippen molar-refractivity contribution in [3.8, 4) is 0 Å². The van der Waals surface area contributed by atoms with Crippen molar-refractivity contribution >= 4 is 60.4 Å². The normalized spacial score (nSPS) is 11.6. The van der Waals surface area contributed by atoms with Crippen LogP contribution in [0.5, 0.6) is 0 Å². The molecular formula is C21H15Br2ClN6O. The number of ketones is 1. The van der Waals surface area contributed by atoms with E-state index in [0.29, 0.717) is 30.1 Å². The Kier molecular flexibility index (Phi) is 5.41. The molecule has 0 bridgehead atoms. The number of nitrogens with zero attached hydrogens (tertiary/aromatic N) is 6. The van der Waals surface area contributed by atoms with Gasteiger partial charge in [-0.05, 0) is 46.6 Å². The van der Waals surface area contributed by atoms with Gasteiger partial charge in [-0.1, -0.05) is 27.5 Å². The van der Waals surface area contributed by atoms with Crippen LogP contribution in [0.3, 0.4) is 0 Å². The van der Waals surface area contributed by atoms with Gasteiger partial charge in [-0.3, -0.25) is 13.9 Å². The molecule has 0 fully saturated rings. The number of pyridine rings is 2. The van der Waals surface area contributed by atoms with Crippen molar-refractivity contribution in [2.24, 2.45) is 0 Å². The Morgan fingerprint density at radius 2 is 2.03 bits per heavy atom. The topological polar surface area (TPSA) is 69.5 Å². The minimum Gasteiger partial charge on any atom is -0.306 e. The second-order valence-electron chi connectivity index (χ2n) is 7.11. The molecule has 0 aliphatic carbocycles. The summed E-state index contributed by atoms with van der Waals surface area (Å²) in [6.45, 7) is 0.447. The van der Waals surface area contributed by atoms with Gasteiger partial charge < -0.3 is 4.40 Å². The largest absolute Gasteiger partial charge is 0.306 e. The van der Waals surface area contributed by atoms with E-state index in [2.05, 4.69) is 46.9 Å². The van der Waals surface area contributed by atoms with Gasteiger partial charge in [0.2, 0.25) is 0 Å². The maximum absolute atomic E-state index is 12.7. The van der Waals surface area contributed by atoms with E-state index >= 15 is 0 Å². The summed E-state index contributed by atoms with van der Waals surface area (Å²) in [5.41, 5.74) is 4.03. The fraction of sp³-hybridized carbons (Fsp3) is 0.143. The number of rotatable bonds is 6. The molecule has 0 aromatic carbocycles. The van der Waals surface area contributed by atoms with Gasteiger partial charge in [-0.15, -0.1) is 0 Å². The van der Waals surface area contributed by atoms with Gasteiger partial charge >= 0.3 is 0 Å². The second kappa shape index (κ2) is 8.22. The summed E-state index contributed by atoms with van der Waals surface area (Å²) < 4.78 is 7.25. The number of hydrogen-bond acceptors (Lipinski definition) is 4. The standard InChI is InChI=1S/C21H15Br2ClN6O/c22-14-5-6-28-12-25-17(18(28)7-14)2-3-19(31)13-8-26-29(9-13)10-15-11-30-20(27-15)4-1-16(23)21(30)24/h1,4-9,11-12H,2-3,10H2. The van der Waals surface area contributed by atoms with E-state index < -0.39 is 0 Å². The number of halogens is 3. The maximum Gasteiger partial charge on any atom is 0.166 e. The minimum atomic E-state index is 0.0318. The Balaban J connectivity index is 1.28. The summed E-state index contributed by atoms with van der Waals surface area (Å²) in [5.74, 6) is 0.0318. The van der Waals surface area contributed by atoms with E-state index in [4.69, 9.17) is 11.6 Å². The third kappa shape index (κ3) is 4.05. The molecule has 5 aromatic rings. The number of carbonyl (C=O) groups excluding carboxylic acids is 1. The van der Waals surface area contributed by atoms with Crippen LogP contribution < -0.4 is 0 Å². The van der Waals surface area contributed by atoms with E-state index in [1.165, 1.54) is 0 Å². The molecule has 0 saturated heterocycles. The number of aromatic nitrogens is 6. The third-order valence-electron chi connectivity index (χ3n) is 5.02. The average molecular weight is 563 g/mol. The van der Waals surface area contributed by atoms with E-state index in [-0.39, 0.29) is 5.78 Å². The SMILES string of the molecule is O=C(CCc1ncn2ccc(Br)cc12)c1cnn(Cc2cn3c(Cl)c(Br)ccc3n2)c1. The molecule has 31 heavy (non-hydrogen) atoms. The first-order chi connectivity index (χ1) is 15.0. The van der Waals surface area contributed by atoms with Gasteiger partial charge in [0.1, 0.15) is 10.8 Å². The van der Waals surface area contributed by atoms with Crippen LogP contribution in [0.1, 0.15) is 28.2 Å². The summed E-state index contributed by atoms with van der Waals surface area (Å²) in [4.78, 5) is 21.7. The smallest absolute Gasteiger partial charge is 0.166 e. The zero-order valence-corrected chi connectivity index (χ0v) is 20.0. The summed E-state index contributed by atoms with van der Waals surface area (Å²) in [6, 6.07) is 7.70. The van der Waals surface area contributed by atoms with E-state index in [9.17, 15) is 4.79 Å². The lowest BCUT2D eigenvalue weighted by Gasteiger charge is -2.00. The minimum absolute atomic E-state index is 0.0318. The van der Waals surface area contributed by atoms with Crippen molar-refractivity contribution in [3.63, 3.8) is 0 Å². The lowest BCUT2D eigenvalue weighted by Crippen LogP contribution is -2.02. The predicted molar refractivity (Wildman–Crippen MR) is 125 cm³/mol. The Bertz CT molecular complexity index is 1440. The highest BCUT2D eigenvalue weighted by molar-refractivity contribution is 9.10. The van der Waals surface area contributed by atoms with Gasteiger partial charge in [0.05, 0.1) is 46.0 Å². The zero-order valence-electron chi connectivity index (χ0n) is 16.0. The molecule has 0 aliphatic rings. The predicted octanol–water partition coefficient (Wildman–Crippen LogP) is 5.22. The van der Waals surface area contributed by atoms with Crippen LogP contribution in [0.25, 0.3) is 11.2 Å². The second-order valence-corrected chi connectivity index (χ2v) is 9.24. The van der Waals surface area contributed by atoms with Crippen LogP contribution in [0.2, 0.25) is 5.15 Å². The average Bonchev–Trinajstić information content (AvgIpc) is 3.48. The molecule has 0 N–H and O–H groups in total. The summed E-state index contributed by atoms with van der Waals surface area (Å²) in [7, 11) is 0. The van der Waals surface area contributed by atoms with Crippen LogP contribution in [0.15, 0.2) is 64.3 Å². The van der Waals surface area contributed by atoms with E-state index in [1.807, 2.05) is 45.5 Å². The van der Waals surface area contributed by atoms with Crippen LogP contribution in [0, 0.1) is 0 Å². The zero-order chi connectivity index (χ0) is 21.5. The molecule has 156 valence electrons. The first-order valence-electron chi connectivity index (χ1n) is 9.46. The number of hydrogen-bond donors (Lipinski definition) is 0. The quantitative estimate of drug-likeness (QED) is 0.210. The number of fused-ring (bicyclic) bond motifs is 2. The molecule has 0 atom stereocenters. The Morgan fingerprint density at radius 1 is 1.16 bits per heavy atom. The monoisotopic (exact) mass is 560 g/mol. The summed E-state index contributed by atoms with van der Waals surface area (Å²) in [5, 5.41) is 4.89. The van der Waals surface area contributed by atoms with Crippen LogP contribution in [-0.4, -0.2) is 34.3 Å². The van der Waals surface area contributed by atoms with Crippen LogP contribution in [-0.2, 0) is 13.0 Å². The highest BCUT2D eigenvalue weighted by Gasteiger charge is 2.13. The Labute approximate surface area is 198 Å². The lowest BCUT2D eigenvalue weighted by molar-refractivity contribution is 0.0982. The highest BCUT2D eigenvalue weighted by atomic mass is 79.9. The molecule has 0 aliphatic heterocycles. The first kappa shape index (κ1) is 20.4. The molecular weight excluding hydrogens is 548 g/mol. The van der Waals surface area contributed by atoms with Gasteiger partial charge in [0, 0.05) is 29.5 Å². The fourth-order valence-corrected chi connectivity index (χ4v) is 4.33. The molecule has 0 amide bonds. The molecule has 7 nitrogen and oxygen atoms in total. The van der Waals surface area contributed by atoms with Crippen molar-refractivity contribution in [2.75, 3.05) is 0 Å². The van der Waals surface area contributed by atoms with Crippen molar-refractivity contribution in [2.45, 2.75) is 19.4 Å². The van der Waals surface area contributed by atoms with Crippen LogP contribution in [0.4, 0.5) is 0 Å². The lowest BCUT2D eigenvalue weighted by atomic mass is 10.1. The summed E-state index contributed by atoms with van der Waals surface area (Å²) >= 11 is 13.2. The molecule has 0 unspecified atom stereocenters. The number of imidazole rings is 2. The third-order valence-corrected chi connectivity index (χ3v) is 6.77. The molecule has 5 rings (SSSR count). The van der Waals surface area contributed by atoms with Gasteiger partial charge in [-0.25, -0.2) is 9.97 Å². The number of carbonyl (C=O) groups is 1. The molecule has 5 aromatic heterocycles. The van der Waals surface area contributed by atoms with E-state index in [1.54, 1.807) is 23.4 Å². The van der Waals surface area contributed by atoms with Gasteiger partial charge in [0.15, 0.2) is 5.78 Å². The Morgan fingerprint density at radius 3 is 2.90 bits per heavy atom. The van der Waals surface area contributed by atoms with Crippen molar-refractivity contribution in [1.29, 1.82) is 0 Å². The van der Waals surface area contributed by atoms with Crippen molar-refractivity contribution in [3.05, 3.63) is 86.4 Å². The molecule has 0 radical (unpaired) electrons. The fourth-order valence-electron chi connectivity index (χ4n) is 3.47. The van der Waals surface area contributed by atoms with Gasteiger partial charge in [-0.2, -0.15) is 5.10 Å². The number of Topliss-reactive ketones (excluding diaryl/α,β-unsaturated/α-hetero) is 1. The van der Waals surface area contributed by atoms with Crippen molar-refractivity contribution < 1.29 is 4.79 Å². The summed E-state index contributed by atoms with van der Waals surface area (Å²) in [6.07, 6.45) is 9.86. The van der Waals surface area contributed by atoms with Gasteiger partial charge in [0.25, 0.3) is 0 Å². The first-order valence-corrected chi connectivity index (χ1v) is 11.4.